The van der Waals surface area contributed by atoms with Gasteiger partial charge in [0.25, 0.3) is 0 Å². The summed E-state index contributed by atoms with van der Waals surface area (Å²) in [6.07, 6.45) is 7.74. The highest BCUT2D eigenvalue weighted by Crippen LogP contribution is 2.33. The first kappa shape index (κ1) is 14.5. The minimum atomic E-state index is 0.00595. The zero-order valence-corrected chi connectivity index (χ0v) is 13.3. The maximum atomic E-state index is 12.5. The van der Waals surface area contributed by atoms with E-state index in [1.54, 1.807) is 0 Å². The van der Waals surface area contributed by atoms with E-state index in [9.17, 15) is 9.59 Å². The Morgan fingerprint density at radius 3 is 2.41 bits per heavy atom. The molecule has 2 aliphatic heterocycles. The number of likely N-dealkylation sites (tertiary alicyclic amines) is 2. The van der Waals surface area contributed by atoms with Gasteiger partial charge in [-0.05, 0) is 44.9 Å². The van der Waals surface area contributed by atoms with E-state index < -0.39 is 0 Å². The molecule has 4 rings (SSSR count). The first-order valence-electron chi connectivity index (χ1n) is 9.04. The summed E-state index contributed by atoms with van der Waals surface area (Å²) < 4.78 is 0. The molecule has 4 fully saturated rings. The largest absolute Gasteiger partial charge is 0.352 e. The summed E-state index contributed by atoms with van der Waals surface area (Å²) in [5.74, 6) is 0.740. The van der Waals surface area contributed by atoms with Crippen LogP contribution in [0.5, 0.6) is 0 Å². The van der Waals surface area contributed by atoms with Crippen molar-refractivity contribution in [2.24, 2.45) is 11.8 Å². The molecule has 2 unspecified atom stereocenters. The number of amides is 2. The normalized spacial score (nSPS) is 33.0. The monoisotopic (exact) mass is 305 g/mol. The minimum absolute atomic E-state index is 0.00595. The Hall–Kier alpha value is -1.10. The summed E-state index contributed by atoms with van der Waals surface area (Å²) in [6.45, 7) is 3.64. The topological polar surface area (TPSA) is 52.7 Å². The zero-order valence-electron chi connectivity index (χ0n) is 13.3. The first-order chi connectivity index (χ1) is 10.7. The van der Waals surface area contributed by atoms with Crippen LogP contribution in [0.3, 0.4) is 0 Å². The fourth-order valence-corrected chi connectivity index (χ4v) is 3.98. The lowest BCUT2D eigenvalue weighted by atomic mass is 9.96. The van der Waals surface area contributed by atoms with Gasteiger partial charge in [-0.15, -0.1) is 0 Å². The predicted octanol–water partition coefficient (Wildman–Crippen LogP) is 0.988. The molecular formula is C17H27N3O2. The molecule has 4 aliphatic rings. The lowest BCUT2D eigenvalue weighted by molar-refractivity contribution is -0.137. The third-order valence-corrected chi connectivity index (χ3v) is 5.66. The lowest BCUT2D eigenvalue weighted by Crippen LogP contribution is -2.48. The van der Waals surface area contributed by atoms with E-state index in [0.29, 0.717) is 18.5 Å². The average Bonchev–Trinajstić information content (AvgIpc) is 3.45. The maximum absolute atomic E-state index is 12.5. The highest BCUT2D eigenvalue weighted by atomic mass is 16.2. The highest BCUT2D eigenvalue weighted by Gasteiger charge is 2.38. The van der Waals surface area contributed by atoms with Gasteiger partial charge in [0.1, 0.15) is 0 Å². The fraction of sp³-hybridized carbons (Fsp3) is 0.882. The molecule has 2 atom stereocenters. The fourth-order valence-electron chi connectivity index (χ4n) is 3.98. The van der Waals surface area contributed by atoms with E-state index in [4.69, 9.17) is 0 Å². The number of carbonyl (C=O) groups is 2. The van der Waals surface area contributed by atoms with Crippen LogP contribution in [0.15, 0.2) is 0 Å². The molecule has 0 spiro atoms. The molecule has 0 aromatic carbocycles. The Balaban J connectivity index is 1.27. The van der Waals surface area contributed by atoms with Crippen molar-refractivity contribution in [3.8, 4) is 0 Å². The summed E-state index contributed by atoms with van der Waals surface area (Å²) in [7, 11) is 0. The van der Waals surface area contributed by atoms with E-state index in [-0.39, 0.29) is 17.7 Å². The number of hydrogen-bond donors (Lipinski definition) is 1. The standard InChI is InChI=1S/C17H27N3O2/c21-16(18-14-7-9-19(11-14)15-5-6-15)13-2-1-8-20(10-13)17(22)12-3-4-12/h12-15H,1-11H2,(H,18,21). The number of nitrogens with zero attached hydrogens (tertiary/aromatic N) is 2. The third kappa shape index (κ3) is 3.14. The molecule has 122 valence electrons. The highest BCUT2D eigenvalue weighted by molar-refractivity contribution is 5.83. The molecule has 1 N–H and O–H groups in total. The Labute approximate surface area is 132 Å². The van der Waals surface area contributed by atoms with Crippen LogP contribution in [0.25, 0.3) is 0 Å². The Kier molecular flexibility index (Phi) is 3.84. The molecule has 5 heteroatoms. The van der Waals surface area contributed by atoms with Crippen molar-refractivity contribution in [3.05, 3.63) is 0 Å². The van der Waals surface area contributed by atoms with Crippen LogP contribution < -0.4 is 5.32 Å². The van der Waals surface area contributed by atoms with Crippen molar-refractivity contribution in [2.45, 2.75) is 57.0 Å². The first-order valence-corrected chi connectivity index (χ1v) is 9.04. The van der Waals surface area contributed by atoms with Gasteiger partial charge in [0.15, 0.2) is 0 Å². The molecule has 2 aliphatic carbocycles. The van der Waals surface area contributed by atoms with Crippen molar-refractivity contribution < 1.29 is 9.59 Å². The molecule has 22 heavy (non-hydrogen) atoms. The quantitative estimate of drug-likeness (QED) is 0.843. The van der Waals surface area contributed by atoms with Gasteiger partial charge < -0.3 is 10.2 Å². The summed E-state index contributed by atoms with van der Waals surface area (Å²) >= 11 is 0. The van der Waals surface area contributed by atoms with Crippen LogP contribution in [0.2, 0.25) is 0 Å². The summed E-state index contributed by atoms with van der Waals surface area (Å²) in [5.41, 5.74) is 0. The Bertz CT molecular complexity index is 459. The summed E-state index contributed by atoms with van der Waals surface area (Å²) in [5, 5.41) is 3.25. The van der Waals surface area contributed by atoms with Gasteiger partial charge in [0.05, 0.1) is 5.92 Å². The molecule has 5 nitrogen and oxygen atoms in total. The van der Waals surface area contributed by atoms with Gasteiger partial charge in [-0.25, -0.2) is 0 Å². The number of carbonyl (C=O) groups excluding carboxylic acids is 2. The molecule has 0 radical (unpaired) electrons. The van der Waals surface area contributed by atoms with Crippen molar-refractivity contribution in [1.29, 1.82) is 0 Å². The third-order valence-electron chi connectivity index (χ3n) is 5.66. The molecule has 2 amide bonds. The lowest BCUT2D eigenvalue weighted by Gasteiger charge is -2.32. The molecule has 0 aromatic rings. The zero-order chi connectivity index (χ0) is 15.1. The predicted molar refractivity (Wildman–Crippen MR) is 83.2 cm³/mol. The Morgan fingerprint density at radius 1 is 0.864 bits per heavy atom. The second-order valence-corrected chi connectivity index (χ2v) is 7.62. The van der Waals surface area contributed by atoms with E-state index >= 15 is 0 Å². The van der Waals surface area contributed by atoms with Crippen molar-refractivity contribution in [1.82, 2.24) is 15.1 Å². The summed E-state index contributed by atoms with van der Waals surface area (Å²) in [6, 6.07) is 1.12. The summed E-state index contributed by atoms with van der Waals surface area (Å²) in [4.78, 5) is 29.2. The van der Waals surface area contributed by atoms with Crippen LogP contribution in [0.4, 0.5) is 0 Å². The van der Waals surface area contributed by atoms with Crippen LogP contribution in [0.1, 0.15) is 44.9 Å². The minimum Gasteiger partial charge on any atom is -0.352 e. The number of piperidine rings is 1. The van der Waals surface area contributed by atoms with Crippen LogP contribution >= 0.6 is 0 Å². The van der Waals surface area contributed by atoms with Gasteiger partial charge in [-0.3, -0.25) is 14.5 Å². The van der Waals surface area contributed by atoms with Crippen LogP contribution in [-0.2, 0) is 9.59 Å². The molecule has 0 aromatic heterocycles. The van der Waals surface area contributed by atoms with Crippen molar-refractivity contribution in [3.63, 3.8) is 0 Å². The smallest absolute Gasteiger partial charge is 0.225 e. The molecule has 2 saturated carbocycles. The Morgan fingerprint density at radius 2 is 1.68 bits per heavy atom. The van der Waals surface area contributed by atoms with Crippen LogP contribution in [0, 0.1) is 11.8 Å². The van der Waals surface area contributed by atoms with E-state index in [2.05, 4.69) is 10.2 Å². The SMILES string of the molecule is O=C(NC1CCN(C2CC2)C1)C1CCCN(C(=O)C2CC2)C1. The second-order valence-electron chi connectivity index (χ2n) is 7.62. The van der Waals surface area contributed by atoms with Gasteiger partial charge in [-0.1, -0.05) is 0 Å². The van der Waals surface area contributed by atoms with E-state index in [1.807, 2.05) is 4.90 Å². The van der Waals surface area contributed by atoms with Crippen LogP contribution in [-0.4, -0.2) is 59.9 Å². The van der Waals surface area contributed by atoms with E-state index in [1.165, 1.54) is 12.8 Å². The molecule has 2 heterocycles. The molecule has 0 bridgehead atoms. The van der Waals surface area contributed by atoms with Gasteiger partial charge in [0.2, 0.25) is 11.8 Å². The van der Waals surface area contributed by atoms with Gasteiger partial charge in [0, 0.05) is 44.2 Å². The molecular weight excluding hydrogens is 278 g/mol. The van der Waals surface area contributed by atoms with Gasteiger partial charge in [-0.2, -0.15) is 0 Å². The average molecular weight is 305 g/mol. The van der Waals surface area contributed by atoms with Gasteiger partial charge >= 0.3 is 0 Å². The van der Waals surface area contributed by atoms with Crippen molar-refractivity contribution in [2.75, 3.05) is 26.2 Å². The van der Waals surface area contributed by atoms with E-state index in [0.717, 1.165) is 57.8 Å². The number of rotatable bonds is 4. The maximum Gasteiger partial charge on any atom is 0.225 e. The number of nitrogens with one attached hydrogen (secondary N) is 1. The second kappa shape index (κ2) is 5.84. The van der Waals surface area contributed by atoms with Crippen molar-refractivity contribution >= 4 is 11.8 Å². The molecule has 2 saturated heterocycles. The number of hydrogen-bond acceptors (Lipinski definition) is 3.